The Hall–Kier alpha value is -0.960. The van der Waals surface area contributed by atoms with Crippen molar-refractivity contribution in [3.63, 3.8) is 0 Å². The van der Waals surface area contributed by atoms with E-state index in [1.165, 1.54) is 6.26 Å². The summed E-state index contributed by atoms with van der Waals surface area (Å²) in [6.07, 6.45) is 5.72. The number of carbonyl (C=O) groups is 1. The molecule has 2 unspecified atom stereocenters. The fraction of sp³-hybridized carbons (Fsp3) is 0.545. The lowest BCUT2D eigenvalue weighted by molar-refractivity contribution is 0.0900. The van der Waals surface area contributed by atoms with Crippen LogP contribution in [0.25, 0.3) is 0 Å². The van der Waals surface area contributed by atoms with E-state index >= 15 is 0 Å². The van der Waals surface area contributed by atoms with Crippen molar-refractivity contribution in [2.24, 2.45) is 0 Å². The maximum Gasteiger partial charge on any atom is 0.287 e. The van der Waals surface area contributed by atoms with Gasteiger partial charge in [0.15, 0.2) is 5.76 Å². The Bertz CT molecular complexity index is 323. The maximum absolute atomic E-state index is 11.7. The van der Waals surface area contributed by atoms with Crippen LogP contribution in [0.2, 0.25) is 0 Å². The lowest BCUT2D eigenvalue weighted by atomic mass is 9.95. The first kappa shape index (κ1) is 10.6. The first-order chi connectivity index (χ1) is 7.27. The van der Waals surface area contributed by atoms with Crippen LogP contribution in [-0.4, -0.2) is 17.3 Å². The van der Waals surface area contributed by atoms with Gasteiger partial charge in [-0.3, -0.25) is 4.79 Å². The van der Waals surface area contributed by atoms with E-state index < -0.39 is 0 Å². The number of alkyl halides is 1. The molecular formula is C11H14ClNO2. The van der Waals surface area contributed by atoms with Gasteiger partial charge in [-0.05, 0) is 25.0 Å². The van der Waals surface area contributed by atoms with E-state index in [1.807, 2.05) is 0 Å². The Balaban J connectivity index is 1.93. The van der Waals surface area contributed by atoms with Crippen molar-refractivity contribution >= 4 is 17.5 Å². The highest BCUT2D eigenvalue weighted by Gasteiger charge is 2.25. The average Bonchev–Trinajstić information content (AvgIpc) is 2.74. The molecule has 3 nitrogen and oxygen atoms in total. The van der Waals surface area contributed by atoms with E-state index in [0.29, 0.717) is 5.76 Å². The predicted octanol–water partition coefficient (Wildman–Crippen LogP) is 2.56. The summed E-state index contributed by atoms with van der Waals surface area (Å²) in [6, 6.07) is 3.44. The molecule has 0 aliphatic heterocycles. The van der Waals surface area contributed by atoms with E-state index in [4.69, 9.17) is 16.0 Å². The van der Waals surface area contributed by atoms with Crippen molar-refractivity contribution in [2.75, 3.05) is 0 Å². The van der Waals surface area contributed by atoms with Crippen LogP contribution in [0.3, 0.4) is 0 Å². The van der Waals surface area contributed by atoms with Crippen molar-refractivity contribution in [1.29, 1.82) is 0 Å². The smallest absolute Gasteiger partial charge is 0.287 e. The minimum atomic E-state index is -0.169. The average molecular weight is 228 g/mol. The molecule has 1 N–H and O–H groups in total. The molecule has 1 aliphatic rings. The number of rotatable bonds is 2. The summed E-state index contributed by atoms with van der Waals surface area (Å²) in [6.45, 7) is 0. The summed E-state index contributed by atoms with van der Waals surface area (Å²) in [7, 11) is 0. The standard InChI is InChI=1S/C11H14ClNO2/c12-8-4-1-2-5-9(8)13-11(14)10-6-3-7-15-10/h3,6-9H,1-2,4-5H2,(H,13,14). The van der Waals surface area contributed by atoms with Gasteiger partial charge in [0.05, 0.1) is 11.6 Å². The number of hydrogen-bond donors (Lipinski definition) is 1. The molecule has 1 aromatic rings. The maximum atomic E-state index is 11.7. The highest BCUT2D eigenvalue weighted by molar-refractivity contribution is 6.21. The highest BCUT2D eigenvalue weighted by atomic mass is 35.5. The number of furan rings is 1. The summed E-state index contributed by atoms with van der Waals surface area (Å²) in [4.78, 5) is 11.7. The summed E-state index contributed by atoms with van der Waals surface area (Å²) in [5.74, 6) is 0.182. The zero-order chi connectivity index (χ0) is 10.7. The molecule has 0 spiro atoms. The molecule has 1 aliphatic carbocycles. The second kappa shape index (κ2) is 4.71. The van der Waals surface area contributed by atoms with Crippen molar-refractivity contribution in [1.82, 2.24) is 5.32 Å². The molecule has 2 atom stereocenters. The van der Waals surface area contributed by atoms with Crippen molar-refractivity contribution < 1.29 is 9.21 Å². The van der Waals surface area contributed by atoms with Gasteiger partial charge in [0.2, 0.25) is 0 Å². The van der Waals surface area contributed by atoms with Crippen molar-refractivity contribution in [3.05, 3.63) is 24.2 Å². The molecule has 0 aromatic carbocycles. The Kier molecular flexibility index (Phi) is 3.31. The quantitative estimate of drug-likeness (QED) is 0.789. The first-order valence-electron chi connectivity index (χ1n) is 5.26. The van der Waals surface area contributed by atoms with Crippen LogP contribution in [0, 0.1) is 0 Å². The third-order valence-electron chi connectivity index (χ3n) is 2.74. The van der Waals surface area contributed by atoms with E-state index in [9.17, 15) is 4.79 Å². The molecule has 2 rings (SSSR count). The molecular weight excluding hydrogens is 214 g/mol. The summed E-state index contributed by atoms with van der Waals surface area (Å²) < 4.78 is 5.02. The van der Waals surface area contributed by atoms with Gasteiger partial charge >= 0.3 is 0 Å². The lowest BCUT2D eigenvalue weighted by Gasteiger charge is -2.27. The number of carbonyl (C=O) groups excluding carboxylic acids is 1. The summed E-state index contributed by atoms with van der Waals surface area (Å²) in [5, 5.41) is 2.96. The van der Waals surface area contributed by atoms with E-state index in [-0.39, 0.29) is 17.3 Å². The molecule has 0 saturated heterocycles. The second-order valence-electron chi connectivity index (χ2n) is 3.86. The molecule has 1 saturated carbocycles. The fourth-order valence-corrected chi connectivity index (χ4v) is 2.24. The number of hydrogen-bond acceptors (Lipinski definition) is 2. The SMILES string of the molecule is O=C(NC1CCCCC1Cl)c1ccco1. The first-order valence-corrected chi connectivity index (χ1v) is 5.69. The van der Waals surface area contributed by atoms with Crippen molar-refractivity contribution in [3.8, 4) is 0 Å². The Morgan fingerprint density at radius 2 is 2.27 bits per heavy atom. The van der Waals surface area contributed by atoms with Gasteiger partial charge < -0.3 is 9.73 Å². The minimum absolute atomic E-state index is 0.0534. The van der Waals surface area contributed by atoms with Crippen LogP contribution in [-0.2, 0) is 0 Å². The van der Waals surface area contributed by atoms with Gasteiger partial charge in [0, 0.05) is 6.04 Å². The molecule has 1 amide bonds. The molecule has 1 heterocycles. The number of amides is 1. The van der Waals surface area contributed by atoms with Gasteiger partial charge in [-0.15, -0.1) is 11.6 Å². The van der Waals surface area contributed by atoms with Gasteiger partial charge in [0.1, 0.15) is 0 Å². The van der Waals surface area contributed by atoms with Crippen LogP contribution in [0.15, 0.2) is 22.8 Å². The van der Waals surface area contributed by atoms with Crippen LogP contribution in [0.1, 0.15) is 36.2 Å². The van der Waals surface area contributed by atoms with Crippen molar-refractivity contribution in [2.45, 2.75) is 37.1 Å². The van der Waals surface area contributed by atoms with Crippen LogP contribution >= 0.6 is 11.6 Å². The molecule has 0 bridgehead atoms. The van der Waals surface area contributed by atoms with Gasteiger partial charge in [0.25, 0.3) is 5.91 Å². The van der Waals surface area contributed by atoms with E-state index in [0.717, 1.165) is 25.7 Å². The van der Waals surface area contributed by atoms with Crippen LogP contribution < -0.4 is 5.32 Å². The topological polar surface area (TPSA) is 42.2 Å². The van der Waals surface area contributed by atoms with Gasteiger partial charge in [-0.2, -0.15) is 0 Å². The number of halogens is 1. The predicted molar refractivity (Wildman–Crippen MR) is 58.1 cm³/mol. The molecule has 0 radical (unpaired) electrons. The molecule has 4 heteroatoms. The molecule has 1 fully saturated rings. The Morgan fingerprint density at radius 3 is 2.93 bits per heavy atom. The second-order valence-corrected chi connectivity index (χ2v) is 4.42. The normalized spacial score (nSPS) is 26.2. The highest BCUT2D eigenvalue weighted by Crippen LogP contribution is 2.23. The van der Waals surface area contributed by atoms with Gasteiger partial charge in [-0.25, -0.2) is 0 Å². The van der Waals surface area contributed by atoms with E-state index in [1.54, 1.807) is 12.1 Å². The van der Waals surface area contributed by atoms with Gasteiger partial charge in [-0.1, -0.05) is 12.8 Å². The lowest BCUT2D eigenvalue weighted by Crippen LogP contribution is -2.42. The third-order valence-corrected chi connectivity index (χ3v) is 3.27. The Labute approximate surface area is 93.8 Å². The number of nitrogens with one attached hydrogen (secondary N) is 1. The minimum Gasteiger partial charge on any atom is -0.459 e. The van der Waals surface area contributed by atoms with Crippen LogP contribution in [0.5, 0.6) is 0 Å². The molecule has 15 heavy (non-hydrogen) atoms. The monoisotopic (exact) mass is 227 g/mol. The summed E-state index contributed by atoms with van der Waals surface area (Å²) >= 11 is 6.14. The fourth-order valence-electron chi connectivity index (χ4n) is 1.90. The zero-order valence-corrected chi connectivity index (χ0v) is 9.17. The summed E-state index contributed by atoms with van der Waals surface area (Å²) in [5.41, 5.74) is 0. The molecule has 1 aromatic heterocycles. The van der Waals surface area contributed by atoms with E-state index in [2.05, 4.69) is 5.32 Å². The molecule has 82 valence electrons. The Morgan fingerprint density at radius 1 is 1.47 bits per heavy atom. The third kappa shape index (κ3) is 2.53. The van der Waals surface area contributed by atoms with Crippen LogP contribution in [0.4, 0.5) is 0 Å². The largest absolute Gasteiger partial charge is 0.459 e. The zero-order valence-electron chi connectivity index (χ0n) is 8.41.